The standard InChI is InChI=1S/C27H24N2O3/c30-26(19-22-12-6-11-21-10-4-5-15-25(21)22)28-29-27(31)23-13-7-14-24(18-23)32-17-16-20-8-2-1-3-9-20/h1-15,18H,16-17,19H2,(H,28,30)(H,29,31). The molecule has 5 heteroatoms. The fourth-order valence-electron chi connectivity index (χ4n) is 3.52. The molecule has 160 valence electrons. The predicted molar refractivity (Wildman–Crippen MR) is 125 cm³/mol. The van der Waals surface area contributed by atoms with Crippen molar-refractivity contribution in [3.8, 4) is 5.75 Å². The van der Waals surface area contributed by atoms with Crippen LogP contribution < -0.4 is 15.6 Å². The third-order valence-corrected chi connectivity index (χ3v) is 5.14. The van der Waals surface area contributed by atoms with Gasteiger partial charge in [-0.15, -0.1) is 0 Å². The van der Waals surface area contributed by atoms with E-state index in [1.54, 1.807) is 24.3 Å². The Kier molecular flexibility index (Phi) is 6.78. The van der Waals surface area contributed by atoms with Gasteiger partial charge >= 0.3 is 0 Å². The molecule has 2 amide bonds. The van der Waals surface area contributed by atoms with Crippen LogP contribution in [0.25, 0.3) is 10.8 Å². The predicted octanol–water partition coefficient (Wildman–Crippen LogP) is 4.47. The van der Waals surface area contributed by atoms with Gasteiger partial charge in [0.05, 0.1) is 13.0 Å². The first-order valence-electron chi connectivity index (χ1n) is 10.5. The molecular formula is C27H24N2O3. The lowest BCUT2D eigenvalue weighted by atomic mass is 10.0. The quantitative estimate of drug-likeness (QED) is 0.430. The Balaban J connectivity index is 1.30. The summed E-state index contributed by atoms with van der Waals surface area (Å²) in [6.45, 7) is 0.511. The van der Waals surface area contributed by atoms with E-state index in [0.29, 0.717) is 17.9 Å². The Hall–Kier alpha value is -4.12. The molecule has 32 heavy (non-hydrogen) atoms. The summed E-state index contributed by atoms with van der Waals surface area (Å²) in [7, 11) is 0. The lowest BCUT2D eigenvalue weighted by molar-refractivity contribution is -0.121. The Morgan fingerprint density at radius 1 is 0.750 bits per heavy atom. The number of carbonyl (C=O) groups excluding carboxylic acids is 2. The molecule has 0 saturated heterocycles. The SMILES string of the molecule is O=C(Cc1cccc2ccccc12)NNC(=O)c1cccc(OCCc2ccccc2)c1. The van der Waals surface area contributed by atoms with Crippen LogP contribution in [-0.4, -0.2) is 18.4 Å². The minimum atomic E-state index is -0.398. The number of nitrogens with one attached hydrogen (secondary N) is 2. The molecule has 0 spiro atoms. The highest BCUT2D eigenvalue weighted by molar-refractivity contribution is 5.96. The molecular weight excluding hydrogens is 400 g/mol. The van der Waals surface area contributed by atoms with Gasteiger partial charge in [-0.3, -0.25) is 20.4 Å². The molecule has 4 aromatic carbocycles. The minimum absolute atomic E-state index is 0.171. The maximum atomic E-state index is 12.5. The Morgan fingerprint density at radius 3 is 2.38 bits per heavy atom. The normalized spacial score (nSPS) is 10.5. The number of fused-ring (bicyclic) bond motifs is 1. The molecule has 0 heterocycles. The molecule has 4 aromatic rings. The third-order valence-electron chi connectivity index (χ3n) is 5.14. The summed E-state index contributed by atoms with van der Waals surface area (Å²) in [6, 6.07) is 30.7. The number of hydrogen-bond acceptors (Lipinski definition) is 3. The zero-order chi connectivity index (χ0) is 22.2. The van der Waals surface area contributed by atoms with Gasteiger partial charge in [0.2, 0.25) is 5.91 Å². The van der Waals surface area contributed by atoms with Gasteiger partial charge in [-0.05, 0) is 40.1 Å². The van der Waals surface area contributed by atoms with Gasteiger partial charge < -0.3 is 4.74 Å². The zero-order valence-corrected chi connectivity index (χ0v) is 17.6. The van der Waals surface area contributed by atoms with Gasteiger partial charge in [0.25, 0.3) is 5.91 Å². The first kappa shape index (κ1) is 21.1. The molecule has 0 bridgehead atoms. The summed E-state index contributed by atoms with van der Waals surface area (Å²) in [6.07, 6.45) is 0.950. The van der Waals surface area contributed by atoms with E-state index in [-0.39, 0.29) is 12.3 Å². The summed E-state index contributed by atoms with van der Waals surface area (Å²) >= 11 is 0. The zero-order valence-electron chi connectivity index (χ0n) is 17.6. The van der Waals surface area contributed by atoms with Crippen molar-refractivity contribution in [2.75, 3.05) is 6.61 Å². The van der Waals surface area contributed by atoms with Gasteiger partial charge in [0.1, 0.15) is 5.75 Å². The van der Waals surface area contributed by atoms with Crippen LogP contribution in [0.1, 0.15) is 21.5 Å². The summed E-state index contributed by atoms with van der Waals surface area (Å²) < 4.78 is 5.78. The summed E-state index contributed by atoms with van der Waals surface area (Å²) in [5.41, 5.74) is 7.49. The first-order chi connectivity index (χ1) is 15.7. The molecule has 4 rings (SSSR count). The van der Waals surface area contributed by atoms with Crippen molar-refractivity contribution in [2.24, 2.45) is 0 Å². The second kappa shape index (κ2) is 10.3. The van der Waals surface area contributed by atoms with Crippen molar-refractivity contribution in [1.29, 1.82) is 0 Å². The van der Waals surface area contributed by atoms with E-state index in [1.807, 2.05) is 72.8 Å². The average Bonchev–Trinajstić information content (AvgIpc) is 2.84. The molecule has 0 unspecified atom stereocenters. The first-order valence-corrected chi connectivity index (χ1v) is 10.5. The van der Waals surface area contributed by atoms with Crippen LogP contribution in [-0.2, 0) is 17.6 Å². The van der Waals surface area contributed by atoms with Crippen LogP contribution in [0.4, 0.5) is 0 Å². The number of ether oxygens (including phenoxy) is 1. The van der Waals surface area contributed by atoms with Crippen LogP contribution >= 0.6 is 0 Å². The molecule has 2 N–H and O–H groups in total. The van der Waals surface area contributed by atoms with E-state index >= 15 is 0 Å². The van der Waals surface area contributed by atoms with Gasteiger partial charge in [-0.2, -0.15) is 0 Å². The molecule has 5 nitrogen and oxygen atoms in total. The summed E-state index contributed by atoms with van der Waals surface area (Å²) in [5.74, 6) is -0.0783. The number of hydrogen-bond donors (Lipinski definition) is 2. The van der Waals surface area contributed by atoms with E-state index in [9.17, 15) is 9.59 Å². The van der Waals surface area contributed by atoms with Crippen LogP contribution in [0.5, 0.6) is 5.75 Å². The van der Waals surface area contributed by atoms with E-state index < -0.39 is 5.91 Å². The van der Waals surface area contributed by atoms with Crippen molar-refractivity contribution in [1.82, 2.24) is 10.9 Å². The van der Waals surface area contributed by atoms with Gasteiger partial charge in [0, 0.05) is 12.0 Å². The van der Waals surface area contributed by atoms with Crippen molar-refractivity contribution in [3.05, 3.63) is 114 Å². The fraction of sp³-hybridized carbons (Fsp3) is 0.111. The highest BCUT2D eigenvalue weighted by Gasteiger charge is 2.10. The molecule has 0 aliphatic carbocycles. The topological polar surface area (TPSA) is 67.4 Å². The van der Waals surface area contributed by atoms with E-state index in [0.717, 1.165) is 22.8 Å². The van der Waals surface area contributed by atoms with E-state index in [1.165, 1.54) is 5.56 Å². The van der Waals surface area contributed by atoms with Crippen molar-refractivity contribution in [2.45, 2.75) is 12.8 Å². The summed E-state index contributed by atoms with van der Waals surface area (Å²) in [4.78, 5) is 24.9. The van der Waals surface area contributed by atoms with Crippen LogP contribution in [0.15, 0.2) is 97.1 Å². The van der Waals surface area contributed by atoms with Crippen LogP contribution in [0, 0.1) is 0 Å². The third kappa shape index (κ3) is 5.52. The molecule has 0 atom stereocenters. The fourth-order valence-corrected chi connectivity index (χ4v) is 3.52. The lowest BCUT2D eigenvalue weighted by Gasteiger charge is -2.10. The second-order valence-electron chi connectivity index (χ2n) is 7.43. The molecule has 0 aromatic heterocycles. The van der Waals surface area contributed by atoms with E-state index in [2.05, 4.69) is 10.9 Å². The van der Waals surface area contributed by atoms with Crippen LogP contribution in [0.2, 0.25) is 0 Å². The molecule has 0 fully saturated rings. The number of rotatable bonds is 7. The Morgan fingerprint density at radius 2 is 1.50 bits per heavy atom. The largest absolute Gasteiger partial charge is 0.493 e. The maximum absolute atomic E-state index is 12.5. The molecule has 0 saturated carbocycles. The lowest BCUT2D eigenvalue weighted by Crippen LogP contribution is -2.42. The van der Waals surface area contributed by atoms with Crippen LogP contribution in [0.3, 0.4) is 0 Å². The van der Waals surface area contributed by atoms with Gasteiger partial charge in [0.15, 0.2) is 0 Å². The number of carbonyl (C=O) groups is 2. The second-order valence-corrected chi connectivity index (χ2v) is 7.43. The Labute approximate surface area is 187 Å². The molecule has 0 aliphatic rings. The highest BCUT2D eigenvalue weighted by atomic mass is 16.5. The number of hydrazine groups is 1. The van der Waals surface area contributed by atoms with Crippen molar-refractivity contribution in [3.63, 3.8) is 0 Å². The van der Waals surface area contributed by atoms with E-state index in [4.69, 9.17) is 4.74 Å². The van der Waals surface area contributed by atoms with Crippen molar-refractivity contribution >= 4 is 22.6 Å². The summed E-state index contributed by atoms with van der Waals surface area (Å²) in [5, 5.41) is 2.10. The van der Waals surface area contributed by atoms with Gasteiger partial charge in [-0.25, -0.2) is 0 Å². The minimum Gasteiger partial charge on any atom is -0.493 e. The van der Waals surface area contributed by atoms with Crippen molar-refractivity contribution < 1.29 is 14.3 Å². The number of benzene rings is 4. The number of amides is 2. The maximum Gasteiger partial charge on any atom is 0.269 e. The average molecular weight is 425 g/mol. The Bertz CT molecular complexity index is 1220. The van der Waals surface area contributed by atoms with Gasteiger partial charge in [-0.1, -0.05) is 78.9 Å². The monoisotopic (exact) mass is 424 g/mol. The highest BCUT2D eigenvalue weighted by Crippen LogP contribution is 2.19. The molecule has 0 radical (unpaired) electrons. The smallest absolute Gasteiger partial charge is 0.269 e. The molecule has 0 aliphatic heterocycles.